The molecule has 3 heteroatoms. The molecule has 0 fully saturated rings. The Morgan fingerprint density at radius 3 is 2.88 bits per heavy atom. The summed E-state index contributed by atoms with van der Waals surface area (Å²) in [6, 6.07) is 7.57. The second-order valence-electron chi connectivity index (χ2n) is 3.87. The van der Waals surface area contributed by atoms with Crippen LogP contribution < -0.4 is 4.74 Å². The average molecular weight is 218 g/mol. The number of ether oxygens (including phenoxy) is 1. The molecular weight excluding hydrogens is 204 g/mol. The zero-order valence-corrected chi connectivity index (χ0v) is 9.19. The quantitative estimate of drug-likeness (QED) is 0.848. The summed E-state index contributed by atoms with van der Waals surface area (Å²) in [6.07, 6.45) is 2.39. The minimum Gasteiger partial charge on any atom is -0.475 e. The summed E-state index contributed by atoms with van der Waals surface area (Å²) in [4.78, 5) is 11.1. The third kappa shape index (κ3) is 1.94. The summed E-state index contributed by atoms with van der Waals surface area (Å²) in [7, 11) is 0. The minimum absolute atomic E-state index is 0.112. The average Bonchev–Trinajstić information content (AvgIpc) is 2.28. The van der Waals surface area contributed by atoms with Crippen LogP contribution in [0.4, 0.5) is 0 Å². The van der Waals surface area contributed by atoms with Crippen LogP contribution in [0.2, 0.25) is 0 Å². The number of carboxylic acid groups (broad SMARTS) is 1. The summed E-state index contributed by atoms with van der Waals surface area (Å²) in [5.41, 5.74) is 1.95. The molecule has 0 radical (unpaired) electrons. The Kier molecular flexibility index (Phi) is 2.95. The third-order valence-corrected chi connectivity index (χ3v) is 2.66. The van der Waals surface area contributed by atoms with Gasteiger partial charge in [-0.05, 0) is 23.6 Å². The Hall–Kier alpha value is -1.77. The molecule has 1 heterocycles. The van der Waals surface area contributed by atoms with Crippen LogP contribution in [0, 0.1) is 0 Å². The summed E-state index contributed by atoms with van der Waals surface area (Å²) in [5, 5.41) is 9.08. The Morgan fingerprint density at radius 1 is 1.44 bits per heavy atom. The van der Waals surface area contributed by atoms with Crippen molar-refractivity contribution in [3.8, 4) is 5.75 Å². The fourth-order valence-corrected chi connectivity index (χ4v) is 1.94. The van der Waals surface area contributed by atoms with Gasteiger partial charge in [0.25, 0.3) is 0 Å². The SMILES string of the molecule is CCCC1=C(C(=O)O)Oc2ccccc2C1. The summed E-state index contributed by atoms with van der Waals surface area (Å²) in [6.45, 7) is 2.03. The van der Waals surface area contributed by atoms with E-state index in [1.54, 1.807) is 6.07 Å². The third-order valence-electron chi connectivity index (χ3n) is 2.66. The van der Waals surface area contributed by atoms with Gasteiger partial charge in [-0.1, -0.05) is 31.5 Å². The number of hydrogen-bond acceptors (Lipinski definition) is 2. The van der Waals surface area contributed by atoms with E-state index >= 15 is 0 Å². The number of allylic oxidation sites excluding steroid dienone is 1. The number of rotatable bonds is 3. The molecule has 1 aromatic carbocycles. The molecule has 0 saturated heterocycles. The topological polar surface area (TPSA) is 46.5 Å². The first kappa shape index (κ1) is 10.7. The Balaban J connectivity index is 2.37. The van der Waals surface area contributed by atoms with E-state index in [2.05, 4.69) is 0 Å². The van der Waals surface area contributed by atoms with Crippen molar-refractivity contribution < 1.29 is 14.6 Å². The van der Waals surface area contributed by atoms with E-state index in [-0.39, 0.29) is 5.76 Å². The monoisotopic (exact) mass is 218 g/mol. The summed E-state index contributed by atoms with van der Waals surface area (Å²) >= 11 is 0. The van der Waals surface area contributed by atoms with E-state index < -0.39 is 5.97 Å². The normalized spacial score (nSPS) is 14.3. The summed E-state index contributed by atoms with van der Waals surface area (Å²) in [5.74, 6) is -0.196. The zero-order chi connectivity index (χ0) is 11.5. The number of aliphatic carboxylic acids is 1. The maximum atomic E-state index is 11.1. The first-order valence-corrected chi connectivity index (χ1v) is 5.43. The predicted molar refractivity (Wildman–Crippen MR) is 60.3 cm³/mol. The van der Waals surface area contributed by atoms with Crippen LogP contribution in [0.15, 0.2) is 35.6 Å². The highest BCUT2D eigenvalue weighted by molar-refractivity contribution is 5.86. The molecule has 1 aliphatic heterocycles. The number of carbonyl (C=O) groups is 1. The van der Waals surface area contributed by atoms with E-state index in [0.717, 1.165) is 24.0 Å². The molecule has 1 aromatic rings. The molecule has 1 aliphatic rings. The van der Waals surface area contributed by atoms with Crippen LogP contribution in [0.25, 0.3) is 0 Å². The van der Waals surface area contributed by atoms with Crippen LogP contribution in [0.5, 0.6) is 5.75 Å². The fraction of sp³-hybridized carbons (Fsp3) is 0.308. The van der Waals surface area contributed by atoms with Crippen molar-refractivity contribution in [3.63, 3.8) is 0 Å². The Bertz CT molecular complexity index is 446. The number of benzene rings is 1. The van der Waals surface area contributed by atoms with Gasteiger partial charge in [-0.3, -0.25) is 0 Å². The molecule has 16 heavy (non-hydrogen) atoms. The van der Waals surface area contributed by atoms with Crippen molar-refractivity contribution in [2.45, 2.75) is 26.2 Å². The van der Waals surface area contributed by atoms with Crippen molar-refractivity contribution in [1.29, 1.82) is 0 Å². The number of para-hydroxylation sites is 1. The van der Waals surface area contributed by atoms with Gasteiger partial charge in [0.1, 0.15) is 5.75 Å². The maximum absolute atomic E-state index is 11.1. The van der Waals surface area contributed by atoms with Crippen molar-refractivity contribution in [3.05, 3.63) is 41.2 Å². The first-order chi connectivity index (χ1) is 7.72. The second kappa shape index (κ2) is 4.39. The maximum Gasteiger partial charge on any atom is 0.371 e. The predicted octanol–water partition coefficient (Wildman–Crippen LogP) is 2.76. The molecular formula is C13H14O3. The van der Waals surface area contributed by atoms with E-state index in [1.807, 2.05) is 25.1 Å². The van der Waals surface area contributed by atoms with Gasteiger partial charge < -0.3 is 9.84 Å². The summed E-state index contributed by atoms with van der Waals surface area (Å²) < 4.78 is 5.44. The fourth-order valence-electron chi connectivity index (χ4n) is 1.94. The van der Waals surface area contributed by atoms with Crippen LogP contribution in [-0.4, -0.2) is 11.1 Å². The standard InChI is InChI=1S/C13H14O3/c1-2-5-10-8-9-6-3-4-7-11(9)16-12(10)13(14)15/h3-4,6-7H,2,5,8H2,1H3,(H,14,15). The van der Waals surface area contributed by atoms with Gasteiger partial charge in [0.15, 0.2) is 0 Å². The molecule has 0 atom stereocenters. The van der Waals surface area contributed by atoms with Gasteiger partial charge in [-0.15, -0.1) is 0 Å². The highest BCUT2D eigenvalue weighted by Crippen LogP contribution is 2.31. The number of hydrogen-bond donors (Lipinski definition) is 1. The molecule has 1 N–H and O–H groups in total. The Labute approximate surface area is 94.4 Å². The van der Waals surface area contributed by atoms with Crippen LogP contribution in [0.3, 0.4) is 0 Å². The highest BCUT2D eigenvalue weighted by Gasteiger charge is 2.23. The van der Waals surface area contributed by atoms with Gasteiger partial charge >= 0.3 is 5.97 Å². The smallest absolute Gasteiger partial charge is 0.371 e. The second-order valence-corrected chi connectivity index (χ2v) is 3.87. The zero-order valence-electron chi connectivity index (χ0n) is 9.19. The van der Waals surface area contributed by atoms with Crippen LogP contribution >= 0.6 is 0 Å². The van der Waals surface area contributed by atoms with E-state index in [4.69, 9.17) is 9.84 Å². The Morgan fingerprint density at radius 2 is 2.19 bits per heavy atom. The minimum atomic E-state index is -0.974. The van der Waals surface area contributed by atoms with Gasteiger partial charge in [-0.2, -0.15) is 0 Å². The van der Waals surface area contributed by atoms with E-state index in [9.17, 15) is 4.79 Å². The first-order valence-electron chi connectivity index (χ1n) is 5.43. The molecule has 0 amide bonds. The van der Waals surface area contributed by atoms with Crippen LogP contribution in [0.1, 0.15) is 25.3 Å². The van der Waals surface area contributed by atoms with Crippen LogP contribution in [-0.2, 0) is 11.2 Å². The van der Waals surface area contributed by atoms with Crippen molar-refractivity contribution >= 4 is 5.97 Å². The van der Waals surface area contributed by atoms with Crippen molar-refractivity contribution in [2.75, 3.05) is 0 Å². The lowest BCUT2D eigenvalue weighted by molar-refractivity contribution is -0.135. The molecule has 0 saturated carbocycles. The molecule has 84 valence electrons. The molecule has 3 nitrogen and oxygen atoms in total. The highest BCUT2D eigenvalue weighted by atomic mass is 16.5. The lowest BCUT2D eigenvalue weighted by Gasteiger charge is -2.20. The number of carboxylic acids is 1. The molecule has 0 spiro atoms. The molecule has 0 aromatic heterocycles. The van der Waals surface area contributed by atoms with E-state index in [0.29, 0.717) is 12.2 Å². The van der Waals surface area contributed by atoms with Gasteiger partial charge in [0.2, 0.25) is 5.76 Å². The molecule has 0 aliphatic carbocycles. The van der Waals surface area contributed by atoms with Crippen molar-refractivity contribution in [2.24, 2.45) is 0 Å². The molecule has 0 unspecified atom stereocenters. The largest absolute Gasteiger partial charge is 0.475 e. The number of fused-ring (bicyclic) bond motifs is 1. The van der Waals surface area contributed by atoms with Crippen molar-refractivity contribution in [1.82, 2.24) is 0 Å². The van der Waals surface area contributed by atoms with Gasteiger partial charge in [-0.25, -0.2) is 4.79 Å². The lowest BCUT2D eigenvalue weighted by Crippen LogP contribution is -2.17. The molecule has 2 rings (SSSR count). The van der Waals surface area contributed by atoms with Gasteiger partial charge in [0, 0.05) is 6.42 Å². The van der Waals surface area contributed by atoms with E-state index in [1.165, 1.54) is 0 Å². The molecule has 0 bridgehead atoms. The lowest BCUT2D eigenvalue weighted by atomic mass is 9.97. The van der Waals surface area contributed by atoms with Gasteiger partial charge in [0.05, 0.1) is 0 Å².